The van der Waals surface area contributed by atoms with Gasteiger partial charge in [0.15, 0.2) is 0 Å². The van der Waals surface area contributed by atoms with Crippen LogP contribution in [0.15, 0.2) is 40.3 Å². The molecule has 8 heteroatoms. The second-order valence-corrected chi connectivity index (χ2v) is 8.05. The second-order valence-electron chi connectivity index (χ2n) is 6.37. The van der Waals surface area contributed by atoms with Crippen molar-refractivity contribution in [2.75, 3.05) is 23.7 Å². The number of aliphatic hydroxyl groups is 1. The normalized spacial score (nSPS) is 16.5. The number of nitrogens with two attached hydrogens (primary N) is 1. The minimum atomic E-state index is -0.340. The van der Waals surface area contributed by atoms with Gasteiger partial charge in [0.2, 0.25) is 0 Å². The first-order valence-corrected chi connectivity index (χ1v) is 10.1. The fourth-order valence-electron chi connectivity index (χ4n) is 3.17. The molecule has 1 unspecified atom stereocenters. The van der Waals surface area contributed by atoms with Crippen LogP contribution in [-0.2, 0) is 0 Å². The summed E-state index contributed by atoms with van der Waals surface area (Å²) in [5.74, 6) is 0. The van der Waals surface area contributed by atoms with Gasteiger partial charge >= 0.3 is 0 Å². The molecule has 3 aromatic rings. The smallest absolute Gasteiger partial charge is 0.141 e. The number of pyridine rings is 1. The van der Waals surface area contributed by atoms with Crippen molar-refractivity contribution in [2.45, 2.75) is 12.5 Å². The standard InChI is InChI=1S/C19H16BrN5OS/c20-17-15(22)8-16(19-23-2-4-27-19)24-18(17)12-5-11(9-21)6-13(7-12)25-3-1-14(26)10-25/h2,4-8,14,26H,1,3,10H2,(H2,22,24). The van der Waals surface area contributed by atoms with Crippen LogP contribution in [0.4, 0.5) is 11.4 Å². The topological polar surface area (TPSA) is 99.1 Å². The van der Waals surface area contributed by atoms with Crippen LogP contribution in [0.2, 0.25) is 0 Å². The van der Waals surface area contributed by atoms with E-state index >= 15 is 0 Å². The minimum absolute atomic E-state index is 0.340. The van der Waals surface area contributed by atoms with Crippen LogP contribution < -0.4 is 10.6 Å². The predicted molar refractivity (Wildman–Crippen MR) is 110 cm³/mol. The van der Waals surface area contributed by atoms with Crippen LogP contribution in [0.25, 0.3) is 22.0 Å². The van der Waals surface area contributed by atoms with Gasteiger partial charge < -0.3 is 15.7 Å². The number of hydrogen-bond donors (Lipinski definition) is 2. The van der Waals surface area contributed by atoms with E-state index in [0.717, 1.165) is 29.2 Å². The number of thiazole rings is 1. The number of rotatable bonds is 3. The van der Waals surface area contributed by atoms with E-state index < -0.39 is 0 Å². The Morgan fingerprint density at radius 2 is 2.19 bits per heavy atom. The Morgan fingerprint density at radius 1 is 1.33 bits per heavy atom. The number of aliphatic hydroxyl groups excluding tert-OH is 1. The Labute approximate surface area is 169 Å². The quantitative estimate of drug-likeness (QED) is 0.643. The number of β-amino-alcohol motifs (C(OH)–C–C–N with tert-alkyl or cyclic N) is 1. The maximum absolute atomic E-state index is 9.85. The van der Waals surface area contributed by atoms with Gasteiger partial charge in [-0.15, -0.1) is 11.3 Å². The molecule has 6 nitrogen and oxygen atoms in total. The summed E-state index contributed by atoms with van der Waals surface area (Å²) in [4.78, 5) is 11.1. The summed E-state index contributed by atoms with van der Waals surface area (Å²) in [6.45, 7) is 1.32. The SMILES string of the molecule is N#Cc1cc(-c2nc(-c3nccs3)cc(N)c2Br)cc(N2CCC(O)C2)c1. The first kappa shape index (κ1) is 17.9. The number of nitrogen functional groups attached to an aromatic ring is 1. The summed E-state index contributed by atoms with van der Waals surface area (Å²) >= 11 is 5.03. The molecule has 1 aliphatic heterocycles. The van der Waals surface area contributed by atoms with Crippen LogP contribution >= 0.6 is 27.3 Å². The lowest BCUT2D eigenvalue weighted by atomic mass is 10.0. The fourth-order valence-corrected chi connectivity index (χ4v) is 4.20. The van der Waals surface area contributed by atoms with Crippen molar-refractivity contribution in [3.8, 4) is 28.0 Å². The molecular formula is C19H16BrN5OS. The molecule has 1 aliphatic rings. The van der Waals surface area contributed by atoms with Gasteiger partial charge in [0.05, 0.1) is 33.6 Å². The molecule has 0 bridgehead atoms. The molecule has 0 radical (unpaired) electrons. The lowest BCUT2D eigenvalue weighted by Crippen LogP contribution is -2.21. The summed E-state index contributed by atoms with van der Waals surface area (Å²) in [5.41, 5.74) is 10.3. The average molecular weight is 442 g/mol. The van der Waals surface area contributed by atoms with Gasteiger partial charge in [-0.25, -0.2) is 9.97 Å². The van der Waals surface area contributed by atoms with Crippen molar-refractivity contribution in [1.29, 1.82) is 5.26 Å². The van der Waals surface area contributed by atoms with E-state index in [1.165, 1.54) is 11.3 Å². The summed E-state index contributed by atoms with van der Waals surface area (Å²) in [6.07, 6.45) is 2.11. The largest absolute Gasteiger partial charge is 0.398 e. The molecule has 1 fully saturated rings. The highest BCUT2D eigenvalue weighted by Crippen LogP contribution is 2.37. The average Bonchev–Trinajstić information content (AvgIpc) is 3.35. The van der Waals surface area contributed by atoms with Crippen molar-refractivity contribution >= 4 is 38.6 Å². The Balaban J connectivity index is 1.84. The summed E-state index contributed by atoms with van der Waals surface area (Å²) < 4.78 is 0.685. The van der Waals surface area contributed by atoms with E-state index in [0.29, 0.717) is 33.7 Å². The first-order valence-electron chi connectivity index (χ1n) is 8.39. The van der Waals surface area contributed by atoms with Crippen LogP contribution in [-0.4, -0.2) is 34.3 Å². The third-order valence-corrected chi connectivity index (χ3v) is 6.12. The number of anilines is 2. The van der Waals surface area contributed by atoms with E-state index in [1.54, 1.807) is 18.3 Å². The fraction of sp³-hybridized carbons (Fsp3) is 0.211. The van der Waals surface area contributed by atoms with E-state index in [4.69, 9.17) is 10.7 Å². The number of nitriles is 1. The molecule has 3 N–H and O–H groups in total. The van der Waals surface area contributed by atoms with Crippen molar-refractivity contribution in [3.05, 3.63) is 45.9 Å². The lowest BCUT2D eigenvalue weighted by molar-refractivity contribution is 0.198. The second kappa shape index (κ2) is 7.27. The van der Waals surface area contributed by atoms with E-state index in [2.05, 4.69) is 31.9 Å². The van der Waals surface area contributed by atoms with E-state index in [-0.39, 0.29) is 6.10 Å². The maximum Gasteiger partial charge on any atom is 0.141 e. The van der Waals surface area contributed by atoms with Crippen molar-refractivity contribution in [3.63, 3.8) is 0 Å². The molecule has 3 heterocycles. The van der Waals surface area contributed by atoms with Crippen molar-refractivity contribution in [1.82, 2.24) is 9.97 Å². The molecule has 1 aromatic carbocycles. The van der Waals surface area contributed by atoms with Crippen LogP contribution in [0.3, 0.4) is 0 Å². The molecule has 27 heavy (non-hydrogen) atoms. The molecule has 0 amide bonds. The first-order chi connectivity index (χ1) is 13.0. The van der Waals surface area contributed by atoms with Gasteiger partial charge in [-0.05, 0) is 46.6 Å². The van der Waals surface area contributed by atoms with Gasteiger partial charge in [0.25, 0.3) is 0 Å². The Bertz CT molecular complexity index is 1030. The lowest BCUT2D eigenvalue weighted by Gasteiger charge is -2.19. The van der Waals surface area contributed by atoms with Gasteiger partial charge in [-0.2, -0.15) is 5.26 Å². The Morgan fingerprint density at radius 3 is 2.85 bits per heavy atom. The molecule has 0 spiro atoms. The van der Waals surface area contributed by atoms with Crippen LogP contribution in [0.1, 0.15) is 12.0 Å². The summed E-state index contributed by atoms with van der Waals surface area (Å²) in [6, 6.07) is 9.62. The third kappa shape index (κ3) is 3.54. The Kier molecular flexibility index (Phi) is 4.83. The predicted octanol–water partition coefficient (Wildman–Crippen LogP) is 3.66. The highest BCUT2D eigenvalue weighted by Gasteiger charge is 2.22. The zero-order chi connectivity index (χ0) is 19.0. The molecule has 2 aromatic heterocycles. The molecule has 1 saturated heterocycles. The van der Waals surface area contributed by atoms with Gasteiger partial charge in [-0.1, -0.05) is 0 Å². The van der Waals surface area contributed by atoms with Crippen LogP contribution in [0, 0.1) is 11.3 Å². The van der Waals surface area contributed by atoms with E-state index in [9.17, 15) is 10.4 Å². The molecule has 4 rings (SSSR count). The van der Waals surface area contributed by atoms with Gasteiger partial charge in [-0.3, -0.25) is 0 Å². The highest BCUT2D eigenvalue weighted by molar-refractivity contribution is 9.10. The number of aromatic nitrogens is 2. The number of nitrogens with zero attached hydrogens (tertiary/aromatic N) is 4. The molecule has 0 aliphatic carbocycles. The van der Waals surface area contributed by atoms with Crippen LogP contribution in [0.5, 0.6) is 0 Å². The zero-order valence-corrected chi connectivity index (χ0v) is 16.7. The monoisotopic (exact) mass is 441 g/mol. The number of halogens is 1. The molecule has 0 saturated carbocycles. The molecular weight excluding hydrogens is 426 g/mol. The van der Waals surface area contributed by atoms with Gasteiger partial charge in [0, 0.05) is 35.9 Å². The Hall–Kier alpha value is -2.47. The summed E-state index contributed by atoms with van der Waals surface area (Å²) in [7, 11) is 0. The highest BCUT2D eigenvalue weighted by atomic mass is 79.9. The number of benzene rings is 1. The number of hydrogen-bond acceptors (Lipinski definition) is 7. The maximum atomic E-state index is 9.85. The minimum Gasteiger partial charge on any atom is -0.398 e. The van der Waals surface area contributed by atoms with Crippen molar-refractivity contribution < 1.29 is 5.11 Å². The van der Waals surface area contributed by atoms with Crippen molar-refractivity contribution in [2.24, 2.45) is 0 Å². The third-order valence-electron chi connectivity index (χ3n) is 4.49. The molecule has 136 valence electrons. The molecule has 1 atom stereocenters. The van der Waals surface area contributed by atoms with E-state index in [1.807, 2.05) is 17.5 Å². The van der Waals surface area contributed by atoms with Gasteiger partial charge in [0.1, 0.15) is 10.7 Å². The zero-order valence-electron chi connectivity index (χ0n) is 14.3. The summed E-state index contributed by atoms with van der Waals surface area (Å²) in [5, 5.41) is 22.0.